The fraction of sp³-hybridized carbons (Fsp3) is 0.111. The maximum Gasteiger partial charge on any atom is 0.250 e. The summed E-state index contributed by atoms with van der Waals surface area (Å²) >= 11 is 6.28. The van der Waals surface area contributed by atoms with Gasteiger partial charge in [0.1, 0.15) is 5.82 Å². The number of carbonyl (C=O) groups is 2. The van der Waals surface area contributed by atoms with Crippen LogP contribution < -0.4 is 11.1 Å². The van der Waals surface area contributed by atoms with E-state index in [1.807, 2.05) is 6.92 Å². The van der Waals surface area contributed by atoms with Gasteiger partial charge < -0.3 is 11.1 Å². The van der Waals surface area contributed by atoms with Gasteiger partial charge in [-0.15, -0.1) is 0 Å². The molecular formula is C18H16ClN5O2. The molecule has 3 aromatic heterocycles. The van der Waals surface area contributed by atoms with Crippen molar-refractivity contribution in [3.63, 3.8) is 0 Å². The Kier molecular flexibility index (Phi) is 4.73. The molecule has 0 aliphatic heterocycles. The Morgan fingerprint density at radius 1 is 1.27 bits per heavy atom. The van der Waals surface area contributed by atoms with Crippen LogP contribution in [0.3, 0.4) is 0 Å². The Balaban J connectivity index is 2.23. The monoisotopic (exact) mass is 369 g/mol. The molecule has 0 aliphatic rings. The number of primary amides is 1. The third-order valence-corrected chi connectivity index (χ3v) is 4.05. The first-order valence-corrected chi connectivity index (χ1v) is 8.12. The van der Waals surface area contributed by atoms with E-state index in [1.54, 1.807) is 47.4 Å². The van der Waals surface area contributed by atoms with Crippen molar-refractivity contribution in [2.24, 2.45) is 5.73 Å². The van der Waals surface area contributed by atoms with Crippen molar-refractivity contribution in [2.45, 2.75) is 13.8 Å². The Morgan fingerprint density at radius 2 is 2.04 bits per heavy atom. The average molecular weight is 370 g/mol. The number of halogens is 1. The summed E-state index contributed by atoms with van der Waals surface area (Å²) in [7, 11) is 0. The van der Waals surface area contributed by atoms with Gasteiger partial charge in [-0.05, 0) is 36.8 Å². The first-order chi connectivity index (χ1) is 12.4. The molecule has 3 aromatic rings. The van der Waals surface area contributed by atoms with Crippen molar-refractivity contribution >= 4 is 29.2 Å². The number of aryl methyl sites for hydroxylation is 1. The van der Waals surface area contributed by atoms with Gasteiger partial charge in [-0.25, -0.2) is 9.97 Å². The van der Waals surface area contributed by atoms with Crippen LogP contribution in [0.25, 0.3) is 17.1 Å². The number of aromatic nitrogens is 3. The lowest BCUT2D eigenvalue weighted by Crippen LogP contribution is -2.09. The lowest BCUT2D eigenvalue weighted by Gasteiger charge is -2.13. The molecule has 0 saturated heterocycles. The fourth-order valence-electron chi connectivity index (χ4n) is 2.58. The molecule has 3 rings (SSSR count). The lowest BCUT2D eigenvalue weighted by molar-refractivity contribution is -0.114. The quantitative estimate of drug-likeness (QED) is 0.737. The Morgan fingerprint density at radius 3 is 2.69 bits per heavy atom. The molecule has 0 bridgehead atoms. The zero-order chi connectivity index (χ0) is 18.8. The van der Waals surface area contributed by atoms with Gasteiger partial charge in [0.25, 0.3) is 0 Å². The minimum atomic E-state index is -0.564. The number of amides is 2. The molecular weight excluding hydrogens is 354 g/mol. The summed E-state index contributed by atoms with van der Waals surface area (Å²) in [5.41, 5.74) is 8.04. The van der Waals surface area contributed by atoms with E-state index in [9.17, 15) is 9.59 Å². The number of hydrogen-bond acceptors (Lipinski definition) is 4. The molecule has 0 aromatic carbocycles. The summed E-state index contributed by atoms with van der Waals surface area (Å²) in [6, 6.07) is 6.81. The van der Waals surface area contributed by atoms with Crippen LogP contribution in [0.5, 0.6) is 0 Å². The summed E-state index contributed by atoms with van der Waals surface area (Å²) in [5.74, 6) is 0.0756. The van der Waals surface area contributed by atoms with Crippen molar-refractivity contribution in [2.75, 3.05) is 5.32 Å². The molecule has 8 heteroatoms. The number of hydrogen-bond donors (Lipinski definition) is 2. The molecule has 0 aliphatic carbocycles. The third kappa shape index (κ3) is 3.43. The van der Waals surface area contributed by atoms with Gasteiger partial charge in [0.05, 0.1) is 16.3 Å². The molecule has 0 saturated carbocycles. The number of carbonyl (C=O) groups excluding carboxylic acids is 2. The molecule has 3 N–H and O–H groups in total. The summed E-state index contributed by atoms with van der Waals surface area (Å²) in [6.45, 7) is 3.28. The molecule has 0 radical (unpaired) electrons. The third-order valence-electron chi connectivity index (χ3n) is 3.75. The van der Waals surface area contributed by atoms with Crippen molar-refractivity contribution in [3.8, 4) is 17.1 Å². The topological polar surface area (TPSA) is 103 Å². The van der Waals surface area contributed by atoms with Crippen LogP contribution in [0.2, 0.25) is 5.02 Å². The SMILES string of the molecule is CC(=O)Nc1cc(-c2cc(C(N)=O)cn2-c2ncccc2Cl)c(C)cn1. The standard InChI is InChI=1S/C18H16ClN5O2/c1-10-8-22-16(23-11(2)25)7-13(10)15-6-12(17(20)26)9-24(15)18-14(19)4-3-5-21-18/h3-9H,1-2H3,(H2,20,26)(H,22,23,25). The van der Waals surface area contributed by atoms with Crippen LogP contribution in [0.15, 0.2) is 42.9 Å². The van der Waals surface area contributed by atoms with E-state index in [4.69, 9.17) is 17.3 Å². The zero-order valence-corrected chi connectivity index (χ0v) is 14.9. The highest BCUT2D eigenvalue weighted by atomic mass is 35.5. The van der Waals surface area contributed by atoms with E-state index in [-0.39, 0.29) is 5.91 Å². The maximum absolute atomic E-state index is 11.7. The number of rotatable bonds is 4. The van der Waals surface area contributed by atoms with Gasteiger partial charge in [-0.1, -0.05) is 11.6 Å². The molecule has 0 fully saturated rings. The second kappa shape index (κ2) is 6.97. The molecule has 2 amide bonds. The second-order valence-electron chi connectivity index (χ2n) is 5.72. The van der Waals surface area contributed by atoms with Crippen molar-refractivity contribution < 1.29 is 9.59 Å². The van der Waals surface area contributed by atoms with Crippen LogP contribution in [0, 0.1) is 6.92 Å². The number of anilines is 1. The van der Waals surface area contributed by atoms with Gasteiger partial charge in [-0.2, -0.15) is 0 Å². The number of nitrogens with one attached hydrogen (secondary N) is 1. The fourth-order valence-corrected chi connectivity index (χ4v) is 2.80. The molecule has 26 heavy (non-hydrogen) atoms. The summed E-state index contributed by atoms with van der Waals surface area (Å²) in [4.78, 5) is 31.5. The van der Waals surface area contributed by atoms with E-state index in [0.717, 1.165) is 11.1 Å². The van der Waals surface area contributed by atoms with E-state index in [2.05, 4.69) is 15.3 Å². The highest BCUT2D eigenvalue weighted by Crippen LogP contribution is 2.31. The average Bonchev–Trinajstić information content (AvgIpc) is 3.02. The normalized spacial score (nSPS) is 10.6. The van der Waals surface area contributed by atoms with Crippen LogP contribution in [0.1, 0.15) is 22.8 Å². The molecule has 0 spiro atoms. The van der Waals surface area contributed by atoms with Gasteiger partial charge >= 0.3 is 0 Å². The van der Waals surface area contributed by atoms with Crippen molar-refractivity contribution in [1.29, 1.82) is 0 Å². The smallest absolute Gasteiger partial charge is 0.250 e. The molecule has 0 atom stereocenters. The Labute approximate surface area is 154 Å². The van der Waals surface area contributed by atoms with Gasteiger partial charge in [-0.3, -0.25) is 14.2 Å². The number of nitrogens with zero attached hydrogens (tertiary/aromatic N) is 3. The lowest BCUT2D eigenvalue weighted by atomic mass is 10.1. The van der Waals surface area contributed by atoms with Gasteiger partial charge in [0.15, 0.2) is 5.82 Å². The van der Waals surface area contributed by atoms with E-state index in [0.29, 0.717) is 27.9 Å². The first-order valence-electron chi connectivity index (χ1n) is 7.74. The van der Waals surface area contributed by atoms with Crippen LogP contribution in [0.4, 0.5) is 5.82 Å². The van der Waals surface area contributed by atoms with Gasteiger partial charge in [0.2, 0.25) is 11.8 Å². The molecule has 3 heterocycles. The minimum Gasteiger partial charge on any atom is -0.366 e. The van der Waals surface area contributed by atoms with Crippen LogP contribution >= 0.6 is 11.6 Å². The summed E-state index contributed by atoms with van der Waals surface area (Å²) in [5, 5.41) is 3.07. The predicted octanol–water partition coefficient (Wildman–Crippen LogP) is 2.95. The predicted molar refractivity (Wildman–Crippen MR) is 99.4 cm³/mol. The van der Waals surface area contributed by atoms with Gasteiger partial charge in [0, 0.05) is 31.1 Å². The second-order valence-corrected chi connectivity index (χ2v) is 6.13. The number of nitrogens with two attached hydrogens (primary N) is 1. The maximum atomic E-state index is 11.7. The molecule has 132 valence electrons. The molecule has 7 nitrogen and oxygen atoms in total. The van der Waals surface area contributed by atoms with E-state index < -0.39 is 5.91 Å². The van der Waals surface area contributed by atoms with Crippen LogP contribution in [-0.2, 0) is 4.79 Å². The first kappa shape index (κ1) is 17.6. The minimum absolute atomic E-state index is 0.228. The highest BCUT2D eigenvalue weighted by molar-refractivity contribution is 6.32. The van der Waals surface area contributed by atoms with E-state index >= 15 is 0 Å². The van der Waals surface area contributed by atoms with E-state index in [1.165, 1.54) is 6.92 Å². The number of pyridine rings is 2. The summed E-state index contributed by atoms with van der Waals surface area (Å²) in [6.07, 6.45) is 4.84. The summed E-state index contributed by atoms with van der Waals surface area (Å²) < 4.78 is 1.70. The zero-order valence-electron chi connectivity index (χ0n) is 14.2. The highest BCUT2D eigenvalue weighted by Gasteiger charge is 2.17. The largest absolute Gasteiger partial charge is 0.366 e. The van der Waals surface area contributed by atoms with Crippen LogP contribution in [-0.4, -0.2) is 26.3 Å². The van der Waals surface area contributed by atoms with Crippen molar-refractivity contribution in [3.05, 3.63) is 59.0 Å². The van der Waals surface area contributed by atoms with Crippen molar-refractivity contribution in [1.82, 2.24) is 14.5 Å². The Bertz CT molecular complexity index is 1010. The Hall–Kier alpha value is -3.19. The molecule has 0 unspecified atom stereocenters.